The number of fused-ring (bicyclic) bond motifs is 1. The van der Waals surface area contributed by atoms with Crippen LogP contribution in [0.1, 0.15) is 26.5 Å². The average molecular weight is 601 g/mol. The van der Waals surface area contributed by atoms with E-state index in [0.717, 1.165) is 4.52 Å². The fraction of sp³-hybridized carbons (Fsp3) is 0.385. The van der Waals surface area contributed by atoms with E-state index < -0.39 is 61.4 Å². The standard InChI is InChI=1S/C26H29N6O9P/c1-5-25(14-38-42(37,40-17-9-7-6-8-10-17)31-16(4)23(36)39-15(2)3)20(33)21(34)26(13-27,41-25)19-12-11-18-22(35)29-24(28)30-32(18)19/h1,6-12,15-16,20-21,33-34H,14H2,2-4H3,(H,31,37)(H3,28,29,30,35)/t16-,20?,21-,25+,26-,42-/m0/s1. The van der Waals surface area contributed by atoms with Gasteiger partial charge in [0.2, 0.25) is 11.5 Å². The van der Waals surface area contributed by atoms with Gasteiger partial charge in [0, 0.05) is 0 Å². The zero-order valence-electron chi connectivity index (χ0n) is 22.8. The number of para-hydroxylation sites is 1. The van der Waals surface area contributed by atoms with Crippen molar-refractivity contribution in [3.63, 3.8) is 0 Å². The molecule has 1 aromatic carbocycles. The second kappa shape index (κ2) is 11.6. The average Bonchev–Trinajstić information content (AvgIpc) is 3.46. The fourth-order valence-corrected chi connectivity index (χ4v) is 5.85. The quantitative estimate of drug-likeness (QED) is 0.122. The Kier molecular flexibility index (Phi) is 8.48. The molecule has 0 aliphatic carbocycles. The first-order valence-corrected chi connectivity index (χ1v) is 14.1. The number of carbonyl (C=O) groups excluding carboxylic acids is 1. The zero-order chi connectivity index (χ0) is 30.9. The van der Waals surface area contributed by atoms with Crippen LogP contribution in [0, 0.1) is 23.7 Å². The zero-order valence-corrected chi connectivity index (χ0v) is 23.6. The maximum atomic E-state index is 13.9. The minimum Gasteiger partial charge on any atom is -0.462 e. The molecule has 4 rings (SSSR count). The molecule has 1 unspecified atom stereocenters. The van der Waals surface area contributed by atoms with E-state index in [2.05, 4.69) is 21.1 Å². The summed E-state index contributed by atoms with van der Waals surface area (Å²) >= 11 is 0. The molecular weight excluding hydrogens is 571 g/mol. The minimum atomic E-state index is -4.49. The Balaban J connectivity index is 1.69. The van der Waals surface area contributed by atoms with Crippen molar-refractivity contribution in [3.05, 3.63) is 58.5 Å². The topological polar surface area (TPSA) is 224 Å². The van der Waals surface area contributed by atoms with Crippen LogP contribution in [0.3, 0.4) is 0 Å². The van der Waals surface area contributed by atoms with Gasteiger partial charge >= 0.3 is 13.7 Å². The number of aliphatic hydroxyl groups is 2. The van der Waals surface area contributed by atoms with E-state index in [1.54, 1.807) is 32.0 Å². The van der Waals surface area contributed by atoms with Crippen LogP contribution >= 0.6 is 7.75 Å². The molecule has 0 spiro atoms. The Hall–Kier alpha value is -4.21. The molecule has 3 aromatic rings. The predicted octanol–water partition coefficient (Wildman–Crippen LogP) is 0.581. The molecule has 0 saturated carbocycles. The number of esters is 1. The summed E-state index contributed by atoms with van der Waals surface area (Å²) in [7, 11) is -4.49. The molecule has 6 N–H and O–H groups in total. The van der Waals surface area contributed by atoms with Crippen LogP contribution < -0.4 is 20.9 Å². The van der Waals surface area contributed by atoms with E-state index in [1.165, 1.54) is 31.2 Å². The first-order valence-electron chi connectivity index (χ1n) is 12.6. The van der Waals surface area contributed by atoms with Crippen LogP contribution in [-0.4, -0.2) is 67.3 Å². The monoisotopic (exact) mass is 600 g/mol. The van der Waals surface area contributed by atoms with Crippen molar-refractivity contribution in [1.29, 1.82) is 5.26 Å². The number of aromatic nitrogens is 3. The smallest absolute Gasteiger partial charge is 0.459 e. The molecule has 222 valence electrons. The Morgan fingerprint density at radius 2 is 1.98 bits per heavy atom. The van der Waals surface area contributed by atoms with Gasteiger partial charge in [-0.15, -0.1) is 11.5 Å². The number of ether oxygens (including phenoxy) is 2. The maximum Gasteiger partial charge on any atom is 0.459 e. The van der Waals surface area contributed by atoms with Crippen molar-refractivity contribution < 1.29 is 38.1 Å². The lowest BCUT2D eigenvalue weighted by molar-refractivity contribution is -0.149. The summed E-state index contributed by atoms with van der Waals surface area (Å²) in [6.45, 7) is 3.75. The lowest BCUT2D eigenvalue weighted by atomic mass is 9.89. The van der Waals surface area contributed by atoms with Gasteiger partial charge in [0.05, 0.1) is 11.8 Å². The van der Waals surface area contributed by atoms with Crippen molar-refractivity contribution in [2.24, 2.45) is 0 Å². The number of benzene rings is 1. The Labute approximate surface area is 239 Å². The van der Waals surface area contributed by atoms with Gasteiger partial charge in [-0.3, -0.25) is 19.1 Å². The van der Waals surface area contributed by atoms with E-state index in [1.807, 2.05) is 6.07 Å². The van der Waals surface area contributed by atoms with Gasteiger partial charge < -0.3 is 29.9 Å². The van der Waals surface area contributed by atoms with E-state index in [-0.39, 0.29) is 22.9 Å². The molecule has 16 heteroatoms. The molecule has 6 atom stereocenters. The first-order chi connectivity index (χ1) is 19.8. The molecule has 42 heavy (non-hydrogen) atoms. The lowest BCUT2D eigenvalue weighted by Crippen LogP contribution is -2.46. The number of anilines is 1. The van der Waals surface area contributed by atoms with Crippen LogP contribution in [0.4, 0.5) is 5.95 Å². The minimum absolute atomic E-state index is 0.0409. The lowest BCUT2D eigenvalue weighted by Gasteiger charge is -2.30. The normalized spacial score (nSPS) is 25.8. The third-order valence-electron chi connectivity index (χ3n) is 6.34. The number of H-pyrrole nitrogens is 1. The highest BCUT2D eigenvalue weighted by Gasteiger charge is 2.65. The van der Waals surface area contributed by atoms with Gasteiger partial charge in [-0.1, -0.05) is 24.1 Å². The van der Waals surface area contributed by atoms with E-state index >= 15 is 0 Å². The van der Waals surface area contributed by atoms with Crippen LogP contribution in [0.25, 0.3) is 5.52 Å². The van der Waals surface area contributed by atoms with Crippen molar-refractivity contribution in [1.82, 2.24) is 19.7 Å². The number of terminal acetylenes is 1. The molecule has 2 aromatic heterocycles. The highest BCUT2D eigenvalue weighted by molar-refractivity contribution is 7.52. The van der Waals surface area contributed by atoms with Gasteiger partial charge in [-0.25, -0.2) is 9.08 Å². The summed E-state index contributed by atoms with van der Waals surface area (Å²) in [5, 5.41) is 38.9. The summed E-state index contributed by atoms with van der Waals surface area (Å²) in [5.41, 5.74) is 0.133. The van der Waals surface area contributed by atoms with Gasteiger partial charge in [0.1, 0.15) is 42.2 Å². The van der Waals surface area contributed by atoms with Gasteiger partial charge in [0.25, 0.3) is 5.56 Å². The molecule has 15 nitrogen and oxygen atoms in total. The van der Waals surface area contributed by atoms with Gasteiger partial charge in [-0.05, 0) is 45.0 Å². The Morgan fingerprint density at radius 3 is 2.60 bits per heavy atom. The second-order valence-electron chi connectivity index (χ2n) is 9.74. The first kappa shape index (κ1) is 30.7. The van der Waals surface area contributed by atoms with Gasteiger partial charge in [-0.2, -0.15) is 10.3 Å². The van der Waals surface area contributed by atoms with Crippen molar-refractivity contribution in [2.75, 3.05) is 12.3 Å². The Morgan fingerprint density at radius 1 is 1.29 bits per heavy atom. The summed E-state index contributed by atoms with van der Waals surface area (Å²) in [6, 6.07) is 11.1. The summed E-state index contributed by atoms with van der Waals surface area (Å²) < 4.78 is 37.2. The highest BCUT2D eigenvalue weighted by atomic mass is 31.2. The van der Waals surface area contributed by atoms with Gasteiger partial charge in [0.15, 0.2) is 5.60 Å². The van der Waals surface area contributed by atoms with Crippen LogP contribution in [-0.2, 0) is 29.0 Å². The Bertz CT molecular complexity index is 1660. The largest absolute Gasteiger partial charge is 0.462 e. The van der Waals surface area contributed by atoms with Crippen molar-refractivity contribution in [3.8, 4) is 24.2 Å². The molecule has 0 amide bonds. The van der Waals surface area contributed by atoms with E-state index in [0.29, 0.717) is 0 Å². The van der Waals surface area contributed by atoms with Crippen LogP contribution in [0.5, 0.6) is 5.75 Å². The number of nitrogens with one attached hydrogen (secondary N) is 2. The third-order valence-corrected chi connectivity index (χ3v) is 7.96. The molecule has 0 bridgehead atoms. The second-order valence-corrected chi connectivity index (χ2v) is 11.4. The number of carbonyl (C=O) groups is 1. The third kappa shape index (κ3) is 5.62. The molecule has 1 fully saturated rings. The van der Waals surface area contributed by atoms with Crippen LogP contribution in [0.2, 0.25) is 0 Å². The summed E-state index contributed by atoms with van der Waals surface area (Å²) in [5.74, 6) is 1.24. The van der Waals surface area contributed by atoms with E-state index in [4.69, 9.17) is 30.7 Å². The SMILES string of the molecule is C#C[C@]1(CO[P@@](=O)(N[C@@H](C)C(=O)OC(C)C)Oc2ccccc2)O[C@@](C#N)(c2ccc3c(=O)[nH]c(N)nn23)[C@@H](O)C1O. The number of nitrogens with two attached hydrogens (primary N) is 1. The number of nitriles is 1. The number of hydrogen-bond acceptors (Lipinski definition) is 12. The number of hydrogen-bond donors (Lipinski definition) is 5. The highest BCUT2D eigenvalue weighted by Crippen LogP contribution is 2.50. The molecule has 3 heterocycles. The molecule has 1 saturated heterocycles. The van der Waals surface area contributed by atoms with Crippen LogP contribution in [0.15, 0.2) is 47.3 Å². The molecule has 0 radical (unpaired) electrons. The number of rotatable bonds is 10. The van der Waals surface area contributed by atoms with E-state index in [9.17, 15) is 29.6 Å². The number of aliphatic hydroxyl groups excluding tert-OH is 2. The number of nitrogens with zero attached hydrogens (tertiary/aromatic N) is 3. The maximum absolute atomic E-state index is 13.9. The number of aromatic amines is 1. The molecule has 1 aliphatic rings. The molecular formula is C26H29N6O9P. The summed E-state index contributed by atoms with van der Waals surface area (Å²) in [6.07, 6.45) is 1.28. The number of nitrogen functional groups attached to an aromatic ring is 1. The van der Waals surface area contributed by atoms with Crippen molar-refractivity contribution in [2.45, 2.75) is 56.3 Å². The fourth-order valence-electron chi connectivity index (χ4n) is 4.32. The predicted molar refractivity (Wildman–Crippen MR) is 147 cm³/mol. The van der Waals surface area contributed by atoms with Crippen molar-refractivity contribution >= 4 is 25.2 Å². The molecule has 1 aliphatic heterocycles. The summed E-state index contributed by atoms with van der Waals surface area (Å²) in [4.78, 5) is 27.1.